The van der Waals surface area contributed by atoms with E-state index in [1.165, 1.54) is 0 Å². The van der Waals surface area contributed by atoms with E-state index in [0.717, 1.165) is 5.56 Å². The maximum atomic E-state index is 12.7. The first-order valence-electron chi connectivity index (χ1n) is 3.55. The molecule has 62 valence electrons. The average molecular weight is 165 g/mol. The second-order valence-corrected chi connectivity index (χ2v) is 2.33. The second kappa shape index (κ2) is 4.36. The molecule has 0 spiro atoms. The fourth-order valence-electron chi connectivity index (χ4n) is 0.905. The molecule has 4 heteroatoms. The maximum absolute atomic E-state index is 12.7. The summed E-state index contributed by atoms with van der Waals surface area (Å²) in [6.45, 7) is 0. The van der Waals surface area contributed by atoms with Crippen LogP contribution < -0.4 is 0 Å². The average Bonchev–Trinajstić information content (AvgIpc) is 2.06. The molecule has 0 amide bonds. The van der Waals surface area contributed by atoms with Crippen molar-refractivity contribution in [2.45, 2.75) is 12.7 Å². The van der Waals surface area contributed by atoms with E-state index < -0.39 is 6.30 Å². The SMILES string of the molecule is [N-]=[N+]=NC(F)Cc1ccccc1. The van der Waals surface area contributed by atoms with Crippen LogP contribution in [0, 0.1) is 0 Å². The van der Waals surface area contributed by atoms with Crippen LogP contribution in [0.2, 0.25) is 0 Å². The molecule has 0 aliphatic heterocycles. The largest absolute Gasteiger partial charge is 0.241 e. The number of hydrogen-bond acceptors (Lipinski definition) is 1. The molecule has 0 heterocycles. The molecule has 3 nitrogen and oxygen atoms in total. The highest BCUT2D eigenvalue weighted by atomic mass is 19.1. The van der Waals surface area contributed by atoms with Gasteiger partial charge in [0.15, 0.2) is 6.30 Å². The van der Waals surface area contributed by atoms with E-state index in [1.807, 2.05) is 18.2 Å². The molecular weight excluding hydrogens is 157 g/mol. The fourth-order valence-corrected chi connectivity index (χ4v) is 0.905. The molecule has 0 saturated heterocycles. The van der Waals surface area contributed by atoms with Crippen molar-refractivity contribution >= 4 is 0 Å². The molecule has 1 aromatic carbocycles. The molecule has 1 aromatic rings. The monoisotopic (exact) mass is 165 g/mol. The Balaban J connectivity index is 2.58. The van der Waals surface area contributed by atoms with Gasteiger partial charge in [-0.15, -0.1) is 0 Å². The van der Waals surface area contributed by atoms with Crippen LogP contribution in [0.15, 0.2) is 35.4 Å². The van der Waals surface area contributed by atoms with Crippen molar-refractivity contribution in [2.75, 3.05) is 0 Å². The number of hydrogen-bond donors (Lipinski definition) is 0. The molecule has 0 fully saturated rings. The third-order valence-electron chi connectivity index (χ3n) is 1.42. The zero-order valence-electron chi connectivity index (χ0n) is 6.39. The summed E-state index contributed by atoms with van der Waals surface area (Å²) in [5, 5.41) is 2.93. The Hall–Kier alpha value is -1.54. The van der Waals surface area contributed by atoms with Gasteiger partial charge in [-0.1, -0.05) is 35.4 Å². The number of benzene rings is 1. The molecule has 1 rings (SSSR count). The first kappa shape index (κ1) is 8.56. The van der Waals surface area contributed by atoms with Crippen LogP contribution >= 0.6 is 0 Å². The Morgan fingerprint density at radius 1 is 1.42 bits per heavy atom. The van der Waals surface area contributed by atoms with Gasteiger partial charge in [-0.3, -0.25) is 0 Å². The molecule has 0 aromatic heterocycles. The predicted molar refractivity (Wildman–Crippen MR) is 44.2 cm³/mol. The first-order chi connectivity index (χ1) is 5.83. The van der Waals surface area contributed by atoms with Gasteiger partial charge in [-0.25, -0.2) is 4.39 Å². The van der Waals surface area contributed by atoms with Crippen molar-refractivity contribution < 1.29 is 4.39 Å². The van der Waals surface area contributed by atoms with Crippen molar-refractivity contribution in [3.8, 4) is 0 Å². The van der Waals surface area contributed by atoms with Crippen LogP contribution in [0.1, 0.15) is 5.56 Å². The summed E-state index contributed by atoms with van der Waals surface area (Å²) in [7, 11) is 0. The van der Waals surface area contributed by atoms with Crippen LogP contribution in [0.4, 0.5) is 4.39 Å². The summed E-state index contributed by atoms with van der Waals surface area (Å²) >= 11 is 0. The molecule has 0 aliphatic carbocycles. The van der Waals surface area contributed by atoms with E-state index in [1.54, 1.807) is 12.1 Å². The second-order valence-electron chi connectivity index (χ2n) is 2.33. The highest BCUT2D eigenvalue weighted by Gasteiger charge is 2.02. The predicted octanol–water partition coefficient (Wildman–Crippen LogP) is 2.84. The van der Waals surface area contributed by atoms with Crippen LogP contribution in [0.3, 0.4) is 0 Å². The summed E-state index contributed by atoms with van der Waals surface area (Å²) in [6, 6.07) is 9.07. The molecule has 12 heavy (non-hydrogen) atoms. The normalized spacial score (nSPS) is 11.8. The number of nitrogens with zero attached hydrogens (tertiary/aromatic N) is 3. The Bertz CT molecular complexity index is 280. The van der Waals surface area contributed by atoms with Crippen molar-refractivity contribution in [1.82, 2.24) is 0 Å². The summed E-state index contributed by atoms with van der Waals surface area (Å²) in [5.74, 6) is 0. The number of alkyl halides is 1. The minimum Gasteiger partial charge on any atom is -0.241 e. The highest BCUT2D eigenvalue weighted by Crippen LogP contribution is 2.06. The smallest absolute Gasteiger partial charge is 0.182 e. The Labute approximate surface area is 69.5 Å². The van der Waals surface area contributed by atoms with E-state index >= 15 is 0 Å². The van der Waals surface area contributed by atoms with E-state index in [2.05, 4.69) is 10.0 Å². The standard InChI is InChI=1S/C8H8FN3/c9-8(11-12-10)6-7-4-2-1-3-5-7/h1-5,8H,6H2. The third kappa shape index (κ3) is 2.60. The van der Waals surface area contributed by atoms with Crippen LogP contribution in [0.5, 0.6) is 0 Å². The summed E-state index contributed by atoms with van der Waals surface area (Å²) in [4.78, 5) is 2.38. The van der Waals surface area contributed by atoms with Crippen LogP contribution in [-0.4, -0.2) is 6.30 Å². The third-order valence-corrected chi connectivity index (χ3v) is 1.42. The van der Waals surface area contributed by atoms with Gasteiger partial charge < -0.3 is 0 Å². The van der Waals surface area contributed by atoms with Gasteiger partial charge in [0.05, 0.1) is 0 Å². The van der Waals surface area contributed by atoms with Gasteiger partial charge in [0.2, 0.25) is 0 Å². The lowest BCUT2D eigenvalue weighted by atomic mass is 10.1. The topological polar surface area (TPSA) is 48.8 Å². The number of rotatable bonds is 3. The molecule has 1 atom stereocenters. The lowest BCUT2D eigenvalue weighted by Gasteiger charge is -1.99. The number of halogens is 1. The summed E-state index contributed by atoms with van der Waals surface area (Å²) in [6.07, 6.45) is -1.32. The van der Waals surface area contributed by atoms with Crippen LogP contribution in [0.25, 0.3) is 10.4 Å². The zero-order valence-corrected chi connectivity index (χ0v) is 6.39. The van der Waals surface area contributed by atoms with Gasteiger partial charge >= 0.3 is 0 Å². The van der Waals surface area contributed by atoms with Crippen molar-refractivity contribution in [3.05, 3.63) is 46.3 Å². The molecule has 0 aliphatic rings. The van der Waals surface area contributed by atoms with E-state index in [4.69, 9.17) is 5.53 Å². The Morgan fingerprint density at radius 3 is 2.67 bits per heavy atom. The molecule has 0 radical (unpaired) electrons. The molecule has 0 N–H and O–H groups in total. The van der Waals surface area contributed by atoms with E-state index in [9.17, 15) is 4.39 Å². The van der Waals surface area contributed by atoms with Crippen molar-refractivity contribution in [3.63, 3.8) is 0 Å². The minimum atomic E-state index is -1.46. The highest BCUT2D eigenvalue weighted by molar-refractivity contribution is 5.15. The van der Waals surface area contributed by atoms with Crippen LogP contribution in [-0.2, 0) is 6.42 Å². The van der Waals surface area contributed by atoms with E-state index in [0.29, 0.717) is 0 Å². The van der Waals surface area contributed by atoms with Gasteiger partial charge in [0, 0.05) is 11.3 Å². The number of azide groups is 1. The Morgan fingerprint density at radius 2 is 2.08 bits per heavy atom. The van der Waals surface area contributed by atoms with Gasteiger partial charge in [-0.05, 0) is 11.1 Å². The van der Waals surface area contributed by atoms with E-state index in [-0.39, 0.29) is 6.42 Å². The molecule has 1 unspecified atom stereocenters. The Kier molecular flexibility index (Phi) is 3.11. The molecular formula is C8H8FN3. The maximum Gasteiger partial charge on any atom is 0.182 e. The van der Waals surface area contributed by atoms with Crippen molar-refractivity contribution in [2.24, 2.45) is 5.11 Å². The zero-order chi connectivity index (χ0) is 8.81. The fraction of sp³-hybridized carbons (Fsp3) is 0.250. The van der Waals surface area contributed by atoms with Crippen molar-refractivity contribution in [1.29, 1.82) is 0 Å². The van der Waals surface area contributed by atoms with Gasteiger partial charge in [-0.2, -0.15) is 0 Å². The lowest BCUT2D eigenvalue weighted by molar-refractivity contribution is 0.342. The quantitative estimate of drug-likeness (QED) is 0.286. The first-order valence-corrected chi connectivity index (χ1v) is 3.55. The van der Waals surface area contributed by atoms with Gasteiger partial charge in [0.25, 0.3) is 0 Å². The summed E-state index contributed by atoms with van der Waals surface area (Å²) < 4.78 is 12.7. The van der Waals surface area contributed by atoms with Gasteiger partial charge in [0.1, 0.15) is 0 Å². The minimum absolute atomic E-state index is 0.144. The molecule has 0 saturated carbocycles. The summed E-state index contributed by atoms with van der Waals surface area (Å²) in [5.41, 5.74) is 8.76. The lowest BCUT2D eigenvalue weighted by Crippen LogP contribution is -1.98. The molecule has 0 bridgehead atoms.